The first-order valence-corrected chi connectivity index (χ1v) is 15.2. The van der Waals surface area contributed by atoms with Crippen LogP contribution in [0.2, 0.25) is 0 Å². The van der Waals surface area contributed by atoms with Gasteiger partial charge in [-0.15, -0.1) is 0 Å². The van der Waals surface area contributed by atoms with E-state index in [1.807, 2.05) is 36.4 Å². The van der Waals surface area contributed by atoms with Gasteiger partial charge in [-0.3, -0.25) is 4.57 Å². The molecule has 0 aliphatic carbocycles. The largest absolute Gasteiger partial charge is 0.292 e. The van der Waals surface area contributed by atoms with Crippen LogP contribution >= 0.6 is 0 Å². The van der Waals surface area contributed by atoms with Crippen molar-refractivity contribution >= 4 is 22.1 Å². The van der Waals surface area contributed by atoms with Gasteiger partial charge in [-0.05, 0) is 73.5 Å². The van der Waals surface area contributed by atoms with Gasteiger partial charge in [0.05, 0.1) is 33.5 Å². The normalized spacial score (nSPS) is 11.3. The number of aromatic nitrogens is 4. The summed E-state index contributed by atoms with van der Waals surface area (Å²) < 4.78 is 2.23. The smallest absolute Gasteiger partial charge is 0.145 e. The molecule has 2 heterocycles. The summed E-state index contributed by atoms with van der Waals surface area (Å²) in [7, 11) is 0. The van der Waals surface area contributed by atoms with E-state index in [4.69, 9.17) is 15.0 Å². The number of para-hydroxylation sites is 5. The van der Waals surface area contributed by atoms with Gasteiger partial charge < -0.3 is 0 Å². The zero-order valence-electron chi connectivity index (χ0n) is 25.1. The molecule has 0 atom stereocenters. The van der Waals surface area contributed by atoms with Crippen molar-refractivity contribution in [3.8, 4) is 50.7 Å². The lowest BCUT2D eigenvalue weighted by molar-refractivity contribution is 1.10. The summed E-state index contributed by atoms with van der Waals surface area (Å²) in [5.41, 5.74) is 14.7. The van der Waals surface area contributed by atoms with Gasteiger partial charge >= 0.3 is 0 Å². The topological polar surface area (TPSA) is 43.6 Å². The molecule has 0 saturated heterocycles. The Balaban J connectivity index is 1.16. The van der Waals surface area contributed by atoms with Crippen LogP contribution in [0.4, 0.5) is 0 Å². The van der Waals surface area contributed by atoms with E-state index in [1.54, 1.807) is 0 Å². The first-order valence-electron chi connectivity index (χ1n) is 15.2. The Labute approximate surface area is 262 Å². The van der Waals surface area contributed by atoms with E-state index < -0.39 is 0 Å². The molecule has 45 heavy (non-hydrogen) atoms. The number of aryl methyl sites for hydroxylation is 2. The van der Waals surface area contributed by atoms with Gasteiger partial charge in [0, 0.05) is 22.4 Å². The molecule has 4 heteroatoms. The monoisotopic (exact) mass is 578 g/mol. The molecule has 0 spiro atoms. The molecule has 0 unspecified atom stereocenters. The van der Waals surface area contributed by atoms with E-state index in [0.717, 1.165) is 72.8 Å². The third-order valence-electron chi connectivity index (χ3n) is 8.28. The predicted molar refractivity (Wildman–Crippen MR) is 185 cm³/mol. The number of imidazole rings is 1. The van der Waals surface area contributed by atoms with Crippen LogP contribution in [0.15, 0.2) is 146 Å². The van der Waals surface area contributed by atoms with E-state index in [9.17, 15) is 0 Å². The van der Waals surface area contributed by atoms with Gasteiger partial charge in [-0.25, -0.2) is 15.0 Å². The Kier molecular flexibility index (Phi) is 6.54. The van der Waals surface area contributed by atoms with Gasteiger partial charge in [0.15, 0.2) is 0 Å². The highest BCUT2D eigenvalue weighted by Crippen LogP contribution is 2.34. The second-order valence-electron chi connectivity index (χ2n) is 11.5. The molecule has 8 aromatic rings. The summed E-state index contributed by atoms with van der Waals surface area (Å²) in [6.07, 6.45) is 0. The number of fused-ring (bicyclic) bond motifs is 2. The first-order chi connectivity index (χ1) is 22.1. The fraction of sp³-hybridized carbons (Fsp3) is 0.0488. The van der Waals surface area contributed by atoms with Crippen molar-refractivity contribution in [2.75, 3.05) is 0 Å². The Morgan fingerprint density at radius 3 is 1.51 bits per heavy atom. The lowest BCUT2D eigenvalue weighted by Crippen LogP contribution is -1.97. The standard InChI is InChI=1S/C41H30N4/c1-27-24-28(2)26-33(25-27)40-39(42-35-12-6-7-13-36(35)43-40)31-20-16-29(17-21-31)30-18-22-32(23-19-30)41-44-37-14-8-9-15-38(37)45(41)34-10-4-3-5-11-34/h3-26H,1-2H3. The van der Waals surface area contributed by atoms with Crippen LogP contribution in [-0.2, 0) is 0 Å². The van der Waals surface area contributed by atoms with Crippen LogP contribution in [-0.4, -0.2) is 19.5 Å². The molecule has 0 N–H and O–H groups in total. The molecule has 0 saturated carbocycles. The quantitative estimate of drug-likeness (QED) is 0.204. The number of hydrogen-bond acceptors (Lipinski definition) is 3. The maximum atomic E-state index is 5.11. The van der Waals surface area contributed by atoms with Gasteiger partial charge in [-0.1, -0.05) is 108 Å². The minimum absolute atomic E-state index is 0.889. The molecule has 0 aliphatic heterocycles. The van der Waals surface area contributed by atoms with Crippen molar-refractivity contribution in [2.45, 2.75) is 13.8 Å². The molecule has 4 nitrogen and oxygen atoms in total. The highest BCUT2D eigenvalue weighted by atomic mass is 15.1. The second-order valence-corrected chi connectivity index (χ2v) is 11.5. The first kappa shape index (κ1) is 26.7. The Morgan fingerprint density at radius 1 is 0.400 bits per heavy atom. The maximum absolute atomic E-state index is 5.11. The third kappa shape index (κ3) is 4.96. The second kappa shape index (κ2) is 11.0. The van der Waals surface area contributed by atoms with Crippen molar-refractivity contribution in [3.05, 3.63) is 157 Å². The van der Waals surface area contributed by atoms with Crippen LogP contribution < -0.4 is 0 Å². The minimum atomic E-state index is 0.889. The molecule has 0 fully saturated rings. The van der Waals surface area contributed by atoms with Gasteiger partial charge in [0.2, 0.25) is 0 Å². The van der Waals surface area contributed by atoms with Crippen molar-refractivity contribution in [1.82, 2.24) is 19.5 Å². The van der Waals surface area contributed by atoms with Gasteiger partial charge in [0.25, 0.3) is 0 Å². The number of nitrogens with zero attached hydrogens (tertiary/aromatic N) is 4. The van der Waals surface area contributed by atoms with Crippen LogP contribution in [0.5, 0.6) is 0 Å². The predicted octanol–water partition coefficient (Wildman–Crippen LogP) is 10.3. The summed E-state index contributed by atoms with van der Waals surface area (Å²) in [4.78, 5) is 15.2. The fourth-order valence-corrected chi connectivity index (χ4v) is 6.20. The number of hydrogen-bond donors (Lipinski definition) is 0. The molecule has 6 aromatic carbocycles. The van der Waals surface area contributed by atoms with Gasteiger partial charge in [0.1, 0.15) is 5.82 Å². The lowest BCUT2D eigenvalue weighted by atomic mass is 9.98. The summed E-state index contributed by atoms with van der Waals surface area (Å²) in [5, 5.41) is 0. The lowest BCUT2D eigenvalue weighted by Gasteiger charge is -2.13. The fourth-order valence-electron chi connectivity index (χ4n) is 6.20. The minimum Gasteiger partial charge on any atom is -0.292 e. The molecule has 214 valence electrons. The molecular weight excluding hydrogens is 548 g/mol. The SMILES string of the molecule is Cc1cc(C)cc(-c2nc3ccccc3nc2-c2ccc(-c3ccc(-c4nc5ccccc5n4-c4ccccc4)cc3)cc2)c1. The molecule has 0 radical (unpaired) electrons. The van der Waals surface area contributed by atoms with Crippen LogP contribution in [0.3, 0.4) is 0 Å². The zero-order valence-corrected chi connectivity index (χ0v) is 25.1. The summed E-state index contributed by atoms with van der Waals surface area (Å²) in [6, 6.07) is 50.7. The van der Waals surface area contributed by atoms with Crippen LogP contribution in [0.1, 0.15) is 11.1 Å². The van der Waals surface area contributed by atoms with E-state index in [1.165, 1.54) is 11.1 Å². The highest BCUT2D eigenvalue weighted by molar-refractivity contribution is 5.87. The highest BCUT2D eigenvalue weighted by Gasteiger charge is 2.16. The average Bonchev–Trinajstić information content (AvgIpc) is 3.48. The van der Waals surface area contributed by atoms with E-state index in [2.05, 4.69) is 128 Å². The summed E-state index contributed by atoms with van der Waals surface area (Å²) >= 11 is 0. The van der Waals surface area contributed by atoms with E-state index in [-0.39, 0.29) is 0 Å². The Hall–Kier alpha value is -5.87. The van der Waals surface area contributed by atoms with E-state index in [0.29, 0.717) is 0 Å². The Bertz CT molecular complexity index is 2300. The summed E-state index contributed by atoms with van der Waals surface area (Å²) in [5.74, 6) is 0.929. The zero-order chi connectivity index (χ0) is 30.3. The third-order valence-corrected chi connectivity index (χ3v) is 8.28. The molecule has 0 bridgehead atoms. The van der Waals surface area contributed by atoms with Crippen molar-refractivity contribution in [1.29, 1.82) is 0 Å². The number of benzene rings is 6. The van der Waals surface area contributed by atoms with E-state index >= 15 is 0 Å². The summed E-state index contributed by atoms with van der Waals surface area (Å²) in [6.45, 7) is 4.25. The molecule has 0 amide bonds. The van der Waals surface area contributed by atoms with Crippen molar-refractivity contribution in [2.24, 2.45) is 0 Å². The van der Waals surface area contributed by atoms with Crippen molar-refractivity contribution < 1.29 is 0 Å². The van der Waals surface area contributed by atoms with Crippen molar-refractivity contribution in [3.63, 3.8) is 0 Å². The molecule has 2 aromatic heterocycles. The number of rotatable bonds is 5. The maximum Gasteiger partial charge on any atom is 0.145 e. The average molecular weight is 579 g/mol. The molecular formula is C41H30N4. The molecule has 0 aliphatic rings. The Morgan fingerprint density at radius 2 is 0.889 bits per heavy atom. The molecule has 8 rings (SSSR count). The van der Waals surface area contributed by atoms with Crippen LogP contribution in [0, 0.1) is 13.8 Å². The van der Waals surface area contributed by atoms with Gasteiger partial charge in [-0.2, -0.15) is 0 Å². The van der Waals surface area contributed by atoms with Crippen LogP contribution in [0.25, 0.3) is 72.8 Å².